The second kappa shape index (κ2) is 8.22. The van der Waals surface area contributed by atoms with Gasteiger partial charge in [0.25, 0.3) is 10.1 Å². The van der Waals surface area contributed by atoms with E-state index in [0.29, 0.717) is 23.7 Å². The van der Waals surface area contributed by atoms with Crippen LogP contribution in [0.3, 0.4) is 0 Å². The summed E-state index contributed by atoms with van der Waals surface area (Å²) in [7, 11) is -3.98. The van der Waals surface area contributed by atoms with E-state index in [9.17, 15) is 13.5 Å². The SMILES string of the molecule is CC(C)c1cc(C(C)C)c(S(=O)(=O)O[C@@H]2CCCC[C@]2(C)O)c(C(C)C)c1. The quantitative estimate of drug-likeness (QED) is 0.649. The van der Waals surface area contributed by atoms with Gasteiger partial charge in [-0.3, -0.25) is 4.18 Å². The van der Waals surface area contributed by atoms with Gasteiger partial charge in [-0.05, 0) is 54.2 Å². The van der Waals surface area contributed by atoms with E-state index in [4.69, 9.17) is 4.18 Å². The molecule has 27 heavy (non-hydrogen) atoms. The summed E-state index contributed by atoms with van der Waals surface area (Å²) in [6.07, 6.45) is 2.19. The van der Waals surface area contributed by atoms with Crippen molar-refractivity contribution >= 4 is 10.1 Å². The van der Waals surface area contributed by atoms with E-state index in [1.54, 1.807) is 6.92 Å². The molecule has 1 saturated carbocycles. The highest BCUT2D eigenvalue weighted by molar-refractivity contribution is 7.86. The van der Waals surface area contributed by atoms with Gasteiger partial charge in [0.05, 0.1) is 5.60 Å². The molecule has 0 bridgehead atoms. The molecule has 0 saturated heterocycles. The summed E-state index contributed by atoms with van der Waals surface area (Å²) in [6, 6.07) is 4.02. The highest BCUT2D eigenvalue weighted by atomic mass is 32.2. The van der Waals surface area contributed by atoms with Crippen molar-refractivity contribution in [3.63, 3.8) is 0 Å². The van der Waals surface area contributed by atoms with Gasteiger partial charge in [0.2, 0.25) is 0 Å². The predicted octanol–water partition coefficient (Wildman–Crippen LogP) is 5.46. The van der Waals surface area contributed by atoms with Crippen LogP contribution in [0, 0.1) is 0 Å². The van der Waals surface area contributed by atoms with Gasteiger partial charge in [0, 0.05) is 0 Å². The molecule has 0 aliphatic heterocycles. The minimum Gasteiger partial charge on any atom is -0.387 e. The first-order valence-corrected chi connectivity index (χ1v) is 11.6. The summed E-state index contributed by atoms with van der Waals surface area (Å²) in [5.41, 5.74) is 1.64. The third-order valence-electron chi connectivity index (χ3n) is 5.67. The zero-order valence-electron chi connectivity index (χ0n) is 17.9. The van der Waals surface area contributed by atoms with Crippen molar-refractivity contribution in [2.45, 2.75) is 109 Å². The molecule has 1 aliphatic carbocycles. The molecular weight excluding hydrogens is 360 g/mol. The fourth-order valence-corrected chi connectivity index (χ4v) is 5.69. The van der Waals surface area contributed by atoms with Crippen molar-refractivity contribution in [3.05, 3.63) is 28.8 Å². The molecule has 0 amide bonds. The molecule has 1 N–H and O–H groups in total. The van der Waals surface area contributed by atoms with Gasteiger partial charge in [-0.15, -0.1) is 0 Å². The van der Waals surface area contributed by atoms with Crippen molar-refractivity contribution < 1.29 is 17.7 Å². The fourth-order valence-electron chi connectivity index (χ4n) is 3.82. The molecule has 5 heteroatoms. The molecule has 1 aliphatic rings. The van der Waals surface area contributed by atoms with Crippen LogP contribution in [0.1, 0.15) is 109 Å². The van der Waals surface area contributed by atoms with Crippen LogP contribution in [-0.4, -0.2) is 25.2 Å². The highest BCUT2D eigenvalue weighted by Gasteiger charge is 2.40. The lowest BCUT2D eigenvalue weighted by Crippen LogP contribution is -2.44. The average molecular weight is 397 g/mol. The van der Waals surface area contributed by atoms with Gasteiger partial charge < -0.3 is 5.11 Å². The van der Waals surface area contributed by atoms with Crippen LogP contribution in [0.4, 0.5) is 0 Å². The number of aliphatic hydroxyl groups is 1. The van der Waals surface area contributed by atoms with Crippen molar-refractivity contribution in [2.75, 3.05) is 0 Å². The van der Waals surface area contributed by atoms with E-state index in [-0.39, 0.29) is 11.8 Å². The Morgan fingerprint density at radius 2 is 1.52 bits per heavy atom. The zero-order valence-corrected chi connectivity index (χ0v) is 18.7. The summed E-state index contributed by atoms with van der Waals surface area (Å²) < 4.78 is 32.5. The maximum Gasteiger partial charge on any atom is 0.297 e. The first kappa shape index (κ1) is 22.4. The van der Waals surface area contributed by atoms with Crippen LogP contribution in [-0.2, 0) is 14.3 Å². The van der Waals surface area contributed by atoms with E-state index >= 15 is 0 Å². The average Bonchev–Trinajstić information content (AvgIpc) is 2.55. The minimum absolute atomic E-state index is 0.0569. The van der Waals surface area contributed by atoms with Crippen LogP contribution in [0.2, 0.25) is 0 Å². The largest absolute Gasteiger partial charge is 0.387 e. The number of benzene rings is 1. The Bertz CT molecular complexity index is 732. The minimum atomic E-state index is -3.98. The summed E-state index contributed by atoms with van der Waals surface area (Å²) in [5, 5.41) is 10.6. The molecule has 0 heterocycles. The van der Waals surface area contributed by atoms with Crippen LogP contribution in [0.25, 0.3) is 0 Å². The monoisotopic (exact) mass is 396 g/mol. The predicted molar refractivity (Wildman–Crippen MR) is 110 cm³/mol. The molecule has 0 unspecified atom stereocenters. The van der Waals surface area contributed by atoms with Gasteiger partial charge in [-0.1, -0.05) is 66.5 Å². The lowest BCUT2D eigenvalue weighted by molar-refractivity contribution is -0.0713. The second-order valence-corrected chi connectivity index (χ2v) is 10.6. The molecular formula is C22H36O4S. The number of hydrogen-bond acceptors (Lipinski definition) is 4. The van der Waals surface area contributed by atoms with Crippen LogP contribution >= 0.6 is 0 Å². The molecule has 0 spiro atoms. The molecule has 154 valence electrons. The Morgan fingerprint density at radius 3 is 1.93 bits per heavy atom. The Balaban J connectivity index is 2.60. The fraction of sp³-hybridized carbons (Fsp3) is 0.727. The van der Waals surface area contributed by atoms with Crippen molar-refractivity contribution in [1.82, 2.24) is 0 Å². The van der Waals surface area contributed by atoms with Crippen molar-refractivity contribution in [1.29, 1.82) is 0 Å². The lowest BCUT2D eigenvalue weighted by atomic mass is 9.84. The Kier molecular flexibility index (Phi) is 6.81. The van der Waals surface area contributed by atoms with Crippen molar-refractivity contribution in [3.8, 4) is 0 Å². The zero-order chi connectivity index (χ0) is 20.6. The number of hydrogen-bond donors (Lipinski definition) is 1. The summed E-state index contributed by atoms with van der Waals surface area (Å²) >= 11 is 0. The van der Waals surface area contributed by atoms with E-state index in [0.717, 1.165) is 29.5 Å². The summed E-state index contributed by atoms with van der Waals surface area (Å²) in [5.74, 6) is 0.430. The van der Waals surface area contributed by atoms with E-state index in [2.05, 4.69) is 13.8 Å². The van der Waals surface area contributed by atoms with Crippen LogP contribution in [0.15, 0.2) is 17.0 Å². The molecule has 2 atom stereocenters. The molecule has 4 nitrogen and oxygen atoms in total. The Hall–Kier alpha value is -0.910. The first-order chi connectivity index (χ1) is 12.4. The van der Waals surface area contributed by atoms with Crippen molar-refractivity contribution in [2.24, 2.45) is 0 Å². The maximum atomic E-state index is 13.4. The third-order valence-corrected chi connectivity index (χ3v) is 7.12. The first-order valence-electron chi connectivity index (χ1n) is 10.2. The second-order valence-electron chi connectivity index (χ2n) is 9.13. The smallest absolute Gasteiger partial charge is 0.297 e. The maximum absolute atomic E-state index is 13.4. The number of rotatable bonds is 6. The van der Waals surface area contributed by atoms with Crippen LogP contribution in [0.5, 0.6) is 0 Å². The molecule has 2 rings (SSSR count). The van der Waals surface area contributed by atoms with E-state index in [1.807, 2.05) is 39.8 Å². The Morgan fingerprint density at radius 1 is 1.00 bits per heavy atom. The van der Waals surface area contributed by atoms with Gasteiger partial charge >= 0.3 is 0 Å². The van der Waals surface area contributed by atoms with Gasteiger partial charge in [-0.25, -0.2) is 0 Å². The van der Waals surface area contributed by atoms with Gasteiger partial charge in [-0.2, -0.15) is 8.42 Å². The molecule has 1 fully saturated rings. The van der Waals surface area contributed by atoms with Gasteiger partial charge in [0.15, 0.2) is 0 Å². The lowest BCUT2D eigenvalue weighted by Gasteiger charge is -2.36. The molecule has 0 radical (unpaired) electrons. The Labute approximate surface area is 165 Å². The highest BCUT2D eigenvalue weighted by Crippen LogP contribution is 2.38. The molecule has 1 aromatic carbocycles. The molecule has 0 aromatic heterocycles. The summed E-state index contributed by atoms with van der Waals surface area (Å²) in [4.78, 5) is 0.304. The standard InChI is InChI=1S/C22H36O4S/c1-14(2)17-12-18(15(3)4)21(19(13-17)16(5)6)27(24,25)26-20-10-8-9-11-22(20,7)23/h12-16,20,23H,8-11H2,1-7H3/t20-,22+/m1/s1. The topological polar surface area (TPSA) is 63.6 Å². The molecule has 1 aromatic rings. The van der Waals surface area contributed by atoms with E-state index in [1.165, 1.54) is 0 Å². The van der Waals surface area contributed by atoms with Crippen LogP contribution < -0.4 is 0 Å². The normalized spacial score (nSPS) is 24.2. The summed E-state index contributed by atoms with van der Waals surface area (Å²) in [6.45, 7) is 14.0. The van der Waals surface area contributed by atoms with Gasteiger partial charge in [0.1, 0.15) is 11.0 Å². The van der Waals surface area contributed by atoms with E-state index < -0.39 is 21.8 Å². The third kappa shape index (κ3) is 4.93.